The smallest absolute Gasteiger partial charge is 0.101 e. The number of fused-ring (bicyclic) bond motifs is 1. The molecule has 0 amide bonds. The van der Waals surface area contributed by atoms with Crippen molar-refractivity contribution in [2.24, 2.45) is 0 Å². The zero-order valence-corrected chi connectivity index (χ0v) is 6.43. The van der Waals surface area contributed by atoms with Crippen LogP contribution in [0.1, 0.15) is 5.56 Å². The summed E-state index contributed by atoms with van der Waals surface area (Å²) in [5.74, 6) is 0. The zero-order chi connectivity index (χ0) is 7.68. The maximum absolute atomic E-state index is 8.68. The quantitative estimate of drug-likeness (QED) is 0.592. The van der Waals surface area contributed by atoms with Crippen molar-refractivity contribution in [1.29, 1.82) is 5.26 Å². The van der Waals surface area contributed by atoms with E-state index in [-0.39, 0.29) is 0 Å². The Balaban J connectivity index is 2.92. The molecule has 0 fully saturated rings. The number of aromatic nitrogens is 1. The highest BCUT2D eigenvalue weighted by atomic mass is 32.1. The molecule has 0 bridgehead atoms. The molecule has 2 aromatic rings. The van der Waals surface area contributed by atoms with Crippen LogP contribution in [-0.2, 0) is 0 Å². The van der Waals surface area contributed by atoms with Crippen molar-refractivity contribution < 1.29 is 0 Å². The van der Waals surface area contributed by atoms with Crippen LogP contribution in [0, 0.1) is 11.3 Å². The van der Waals surface area contributed by atoms with E-state index in [0.29, 0.717) is 5.56 Å². The van der Waals surface area contributed by atoms with E-state index in [1.807, 2.05) is 12.1 Å². The highest BCUT2D eigenvalue weighted by molar-refractivity contribution is 7.17. The van der Waals surface area contributed by atoms with Crippen LogP contribution in [0.25, 0.3) is 10.2 Å². The first-order valence-electron chi connectivity index (χ1n) is 3.14. The molecule has 2 rings (SSSR count). The maximum Gasteiger partial charge on any atom is 0.101 e. The first-order chi connectivity index (χ1) is 5.42. The SMILES string of the molecule is N#Cc1cccc2ncsc12. The summed E-state index contributed by atoms with van der Waals surface area (Å²) in [6.45, 7) is 0. The number of nitrogens with zero attached hydrogens (tertiary/aromatic N) is 2. The Bertz CT molecular complexity index is 425. The summed E-state index contributed by atoms with van der Waals surface area (Å²) in [5.41, 5.74) is 3.38. The minimum Gasteiger partial charge on any atom is -0.245 e. The Labute approximate surface area is 67.7 Å². The third kappa shape index (κ3) is 0.883. The molecule has 0 spiro atoms. The average Bonchev–Trinajstić information content (AvgIpc) is 2.50. The van der Waals surface area contributed by atoms with Gasteiger partial charge in [0, 0.05) is 0 Å². The summed E-state index contributed by atoms with van der Waals surface area (Å²) in [6.07, 6.45) is 0. The van der Waals surface area contributed by atoms with E-state index in [0.717, 1.165) is 10.2 Å². The lowest BCUT2D eigenvalue weighted by Gasteiger charge is -1.87. The van der Waals surface area contributed by atoms with E-state index in [1.54, 1.807) is 11.6 Å². The molecule has 0 atom stereocenters. The largest absolute Gasteiger partial charge is 0.245 e. The molecule has 2 nitrogen and oxygen atoms in total. The molecule has 52 valence electrons. The van der Waals surface area contributed by atoms with Gasteiger partial charge >= 0.3 is 0 Å². The van der Waals surface area contributed by atoms with Gasteiger partial charge in [0.1, 0.15) is 6.07 Å². The van der Waals surface area contributed by atoms with Gasteiger partial charge in [-0.2, -0.15) is 5.26 Å². The van der Waals surface area contributed by atoms with E-state index >= 15 is 0 Å². The average molecular weight is 160 g/mol. The minimum absolute atomic E-state index is 0.713. The van der Waals surface area contributed by atoms with E-state index in [2.05, 4.69) is 11.1 Å². The fourth-order valence-electron chi connectivity index (χ4n) is 0.974. The molecule has 0 aliphatic heterocycles. The van der Waals surface area contributed by atoms with Crippen LogP contribution in [0.3, 0.4) is 0 Å². The van der Waals surface area contributed by atoms with Crippen LogP contribution in [0.4, 0.5) is 0 Å². The van der Waals surface area contributed by atoms with Crippen molar-refractivity contribution in [2.45, 2.75) is 0 Å². The minimum atomic E-state index is 0.713. The first kappa shape index (κ1) is 6.32. The van der Waals surface area contributed by atoms with E-state index < -0.39 is 0 Å². The Morgan fingerprint density at radius 3 is 3.18 bits per heavy atom. The van der Waals surface area contributed by atoms with Crippen LogP contribution < -0.4 is 0 Å². The fourth-order valence-corrected chi connectivity index (χ4v) is 1.73. The first-order valence-corrected chi connectivity index (χ1v) is 4.02. The van der Waals surface area contributed by atoms with Crippen molar-refractivity contribution in [3.8, 4) is 6.07 Å². The molecule has 3 heteroatoms. The van der Waals surface area contributed by atoms with Gasteiger partial charge < -0.3 is 0 Å². The van der Waals surface area contributed by atoms with Crippen molar-refractivity contribution in [3.63, 3.8) is 0 Å². The highest BCUT2D eigenvalue weighted by Crippen LogP contribution is 2.20. The van der Waals surface area contributed by atoms with Gasteiger partial charge in [0.15, 0.2) is 0 Å². The van der Waals surface area contributed by atoms with Gasteiger partial charge in [-0.25, -0.2) is 4.98 Å². The van der Waals surface area contributed by atoms with Crippen LogP contribution >= 0.6 is 11.3 Å². The standard InChI is InChI=1S/C8H4N2S/c9-4-6-2-1-3-7-8(6)11-5-10-7/h1-3,5H. The zero-order valence-electron chi connectivity index (χ0n) is 5.61. The molecular weight excluding hydrogens is 156 g/mol. The van der Waals surface area contributed by atoms with Gasteiger partial charge in [-0.3, -0.25) is 0 Å². The molecule has 11 heavy (non-hydrogen) atoms. The second kappa shape index (κ2) is 2.33. The summed E-state index contributed by atoms with van der Waals surface area (Å²) < 4.78 is 0.981. The van der Waals surface area contributed by atoms with Crippen LogP contribution in [0.5, 0.6) is 0 Å². The molecule has 1 heterocycles. The summed E-state index contributed by atoms with van der Waals surface area (Å²) in [5, 5.41) is 8.68. The molecule has 0 radical (unpaired) electrons. The second-order valence-corrected chi connectivity index (χ2v) is 2.97. The topological polar surface area (TPSA) is 36.7 Å². The monoisotopic (exact) mass is 160 g/mol. The van der Waals surface area contributed by atoms with E-state index in [4.69, 9.17) is 5.26 Å². The molecule has 0 aliphatic rings. The predicted octanol–water partition coefficient (Wildman–Crippen LogP) is 2.17. The van der Waals surface area contributed by atoms with Gasteiger partial charge in [-0.15, -0.1) is 11.3 Å². The lowest BCUT2D eigenvalue weighted by Crippen LogP contribution is -1.72. The third-order valence-corrected chi connectivity index (χ3v) is 2.35. The number of hydrogen-bond acceptors (Lipinski definition) is 3. The van der Waals surface area contributed by atoms with Crippen molar-refractivity contribution in [1.82, 2.24) is 4.98 Å². The highest BCUT2D eigenvalue weighted by Gasteiger charge is 2.00. The number of nitriles is 1. The molecule has 0 unspecified atom stereocenters. The Morgan fingerprint density at radius 1 is 1.45 bits per heavy atom. The fraction of sp³-hybridized carbons (Fsp3) is 0. The van der Waals surface area contributed by atoms with Gasteiger partial charge in [0.25, 0.3) is 0 Å². The normalized spacial score (nSPS) is 9.73. The number of thiazole rings is 1. The second-order valence-electron chi connectivity index (χ2n) is 2.12. The molecule has 0 aliphatic carbocycles. The molecule has 0 saturated carbocycles. The van der Waals surface area contributed by atoms with Crippen molar-refractivity contribution in [2.75, 3.05) is 0 Å². The molecule has 1 aromatic heterocycles. The summed E-state index contributed by atoms with van der Waals surface area (Å²) in [4.78, 5) is 4.09. The Hall–Kier alpha value is -1.40. The number of hydrogen-bond donors (Lipinski definition) is 0. The Morgan fingerprint density at radius 2 is 2.36 bits per heavy atom. The van der Waals surface area contributed by atoms with Crippen LogP contribution in [-0.4, -0.2) is 4.98 Å². The van der Waals surface area contributed by atoms with Gasteiger partial charge in [-0.1, -0.05) is 6.07 Å². The molecular formula is C8H4N2S. The third-order valence-electron chi connectivity index (χ3n) is 1.48. The van der Waals surface area contributed by atoms with E-state index in [1.165, 1.54) is 11.3 Å². The van der Waals surface area contributed by atoms with Crippen LogP contribution in [0.2, 0.25) is 0 Å². The maximum atomic E-state index is 8.68. The molecule has 0 saturated heterocycles. The number of benzene rings is 1. The summed E-state index contributed by atoms with van der Waals surface area (Å²) in [6, 6.07) is 7.69. The molecule has 0 N–H and O–H groups in total. The Kier molecular flexibility index (Phi) is 1.34. The lowest BCUT2D eigenvalue weighted by molar-refractivity contribution is 1.48. The lowest BCUT2D eigenvalue weighted by atomic mass is 10.2. The van der Waals surface area contributed by atoms with Crippen molar-refractivity contribution in [3.05, 3.63) is 29.3 Å². The van der Waals surface area contributed by atoms with Gasteiger partial charge in [0.05, 0.1) is 21.3 Å². The summed E-state index contributed by atoms with van der Waals surface area (Å²) in [7, 11) is 0. The predicted molar refractivity (Wildman–Crippen MR) is 44.3 cm³/mol. The van der Waals surface area contributed by atoms with Crippen molar-refractivity contribution >= 4 is 21.6 Å². The summed E-state index contributed by atoms with van der Waals surface area (Å²) >= 11 is 1.50. The van der Waals surface area contributed by atoms with Crippen LogP contribution in [0.15, 0.2) is 23.7 Å². The van der Waals surface area contributed by atoms with E-state index in [9.17, 15) is 0 Å². The number of rotatable bonds is 0. The van der Waals surface area contributed by atoms with Gasteiger partial charge in [0.2, 0.25) is 0 Å². The molecule has 1 aromatic carbocycles. The van der Waals surface area contributed by atoms with Gasteiger partial charge in [-0.05, 0) is 12.1 Å².